The summed E-state index contributed by atoms with van der Waals surface area (Å²) in [5, 5.41) is 0. The number of hydrogen-bond acceptors (Lipinski definition) is 2. The highest BCUT2D eigenvalue weighted by molar-refractivity contribution is 5.58. The third-order valence-corrected chi connectivity index (χ3v) is 2.51. The van der Waals surface area contributed by atoms with Crippen molar-refractivity contribution in [1.82, 2.24) is 0 Å². The van der Waals surface area contributed by atoms with E-state index in [1.54, 1.807) is 0 Å². The lowest BCUT2D eigenvalue weighted by Crippen LogP contribution is -2.08. The van der Waals surface area contributed by atoms with Crippen LogP contribution >= 0.6 is 0 Å². The Morgan fingerprint density at radius 2 is 2.40 bits per heavy atom. The smallest absolute Gasteiger partial charge is 0.123 e. The van der Waals surface area contributed by atoms with Crippen molar-refractivity contribution in [1.29, 1.82) is 0 Å². The van der Waals surface area contributed by atoms with Crippen LogP contribution in [0.15, 0.2) is 0 Å². The third-order valence-electron chi connectivity index (χ3n) is 2.51. The normalized spacial score (nSPS) is 45.4. The molecule has 10 heavy (non-hydrogen) atoms. The second-order valence-electron chi connectivity index (χ2n) is 3.25. The Balaban J connectivity index is 1.84. The Bertz CT molecular complexity index is 138. The fraction of sp³-hybridized carbons (Fsp3) is 0.875. The summed E-state index contributed by atoms with van der Waals surface area (Å²) >= 11 is 0. The molecule has 0 spiro atoms. The second-order valence-corrected chi connectivity index (χ2v) is 3.25. The molecular weight excluding hydrogens is 128 g/mol. The van der Waals surface area contributed by atoms with Crippen LogP contribution in [0.4, 0.5) is 0 Å². The molecule has 56 valence electrons. The second kappa shape index (κ2) is 2.35. The summed E-state index contributed by atoms with van der Waals surface area (Å²) in [6, 6.07) is 0. The minimum atomic E-state index is 0.336. The van der Waals surface area contributed by atoms with Gasteiger partial charge in [-0.1, -0.05) is 0 Å². The molecule has 2 heteroatoms. The van der Waals surface area contributed by atoms with Gasteiger partial charge >= 0.3 is 0 Å². The molecular formula is C8H12O2. The summed E-state index contributed by atoms with van der Waals surface area (Å²) in [5.74, 6) is 0.920. The van der Waals surface area contributed by atoms with E-state index in [0.717, 1.165) is 19.3 Å². The van der Waals surface area contributed by atoms with Crippen molar-refractivity contribution in [3.05, 3.63) is 0 Å². The Hall–Kier alpha value is -0.370. The predicted molar refractivity (Wildman–Crippen MR) is 36.6 cm³/mol. The molecule has 0 aromatic rings. The van der Waals surface area contributed by atoms with E-state index in [1.807, 2.05) is 0 Å². The van der Waals surface area contributed by atoms with Crippen molar-refractivity contribution in [3.8, 4) is 0 Å². The topological polar surface area (TPSA) is 26.3 Å². The van der Waals surface area contributed by atoms with Gasteiger partial charge in [-0.15, -0.1) is 0 Å². The average molecular weight is 140 g/mol. The number of carbonyl (C=O) groups is 1. The van der Waals surface area contributed by atoms with Crippen LogP contribution in [-0.2, 0) is 9.53 Å². The third kappa shape index (κ3) is 0.966. The molecule has 0 N–H and O–H groups in total. The lowest BCUT2D eigenvalue weighted by atomic mass is 10.1. The van der Waals surface area contributed by atoms with E-state index in [-0.39, 0.29) is 0 Å². The molecule has 3 unspecified atom stereocenters. The van der Waals surface area contributed by atoms with Crippen molar-refractivity contribution >= 4 is 6.29 Å². The van der Waals surface area contributed by atoms with Crippen LogP contribution in [0, 0.1) is 11.8 Å². The maximum absolute atomic E-state index is 10.3. The first-order valence-electron chi connectivity index (χ1n) is 3.98. The zero-order valence-electron chi connectivity index (χ0n) is 5.95. The number of carbonyl (C=O) groups excluding carboxylic acids is 1. The van der Waals surface area contributed by atoms with Gasteiger partial charge in [-0.25, -0.2) is 0 Å². The number of aldehydes is 1. The summed E-state index contributed by atoms with van der Waals surface area (Å²) < 4.78 is 5.45. The Kier molecular flexibility index (Phi) is 1.49. The largest absolute Gasteiger partial charge is 0.378 e. The zero-order chi connectivity index (χ0) is 6.97. The monoisotopic (exact) mass is 140 g/mol. The van der Waals surface area contributed by atoms with Crippen LogP contribution in [-0.4, -0.2) is 19.0 Å². The van der Waals surface area contributed by atoms with E-state index in [9.17, 15) is 4.79 Å². The molecule has 1 heterocycles. The average Bonchev–Trinajstić information content (AvgIpc) is 2.56. The minimum absolute atomic E-state index is 0.336. The summed E-state index contributed by atoms with van der Waals surface area (Å²) in [6.45, 7) is 0.909. The first-order valence-corrected chi connectivity index (χ1v) is 3.98. The van der Waals surface area contributed by atoms with Crippen molar-refractivity contribution < 1.29 is 9.53 Å². The molecule has 1 aliphatic heterocycles. The van der Waals surface area contributed by atoms with Gasteiger partial charge in [0.25, 0.3) is 0 Å². The fourth-order valence-electron chi connectivity index (χ4n) is 1.76. The highest BCUT2D eigenvalue weighted by Crippen LogP contribution is 2.43. The lowest BCUT2D eigenvalue weighted by Gasteiger charge is -2.05. The SMILES string of the molecule is O=CC1CC1C1CCCO1. The van der Waals surface area contributed by atoms with Gasteiger partial charge in [0.2, 0.25) is 0 Å². The Morgan fingerprint density at radius 3 is 2.90 bits per heavy atom. The number of rotatable bonds is 2. The Labute approximate surface area is 60.6 Å². The molecule has 0 aromatic heterocycles. The summed E-state index contributed by atoms with van der Waals surface area (Å²) in [6.07, 6.45) is 4.94. The highest BCUT2D eigenvalue weighted by Gasteiger charge is 2.44. The van der Waals surface area contributed by atoms with E-state index in [2.05, 4.69) is 0 Å². The predicted octanol–water partition coefficient (Wildman–Crippen LogP) is 1.00. The van der Waals surface area contributed by atoms with Crippen molar-refractivity contribution in [2.75, 3.05) is 6.61 Å². The molecule has 0 amide bonds. The van der Waals surface area contributed by atoms with Crippen molar-refractivity contribution in [2.24, 2.45) is 11.8 Å². The lowest BCUT2D eigenvalue weighted by molar-refractivity contribution is -0.109. The zero-order valence-corrected chi connectivity index (χ0v) is 5.95. The summed E-state index contributed by atoms with van der Waals surface area (Å²) in [7, 11) is 0. The first-order chi connectivity index (χ1) is 4.92. The van der Waals surface area contributed by atoms with Crippen LogP contribution in [0.25, 0.3) is 0 Å². The van der Waals surface area contributed by atoms with Gasteiger partial charge in [-0.3, -0.25) is 0 Å². The summed E-state index contributed by atoms with van der Waals surface area (Å²) in [5.41, 5.74) is 0. The molecule has 2 rings (SSSR count). The number of hydrogen-bond donors (Lipinski definition) is 0. The van der Waals surface area contributed by atoms with Gasteiger partial charge in [0.15, 0.2) is 0 Å². The maximum atomic E-state index is 10.3. The highest BCUT2D eigenvalue weighted by atomic mass is 16.5. The molecule has 2 aliphatic rings. The molecule has 0 bridgehead atoms. The fourth-order valence-corrected chi connectivity index (χ4v) is 1.76. The van der Waals surface area contributed by atoms with Crippen LogP contribution in [0.5, 0.6) is 0 Å². The molecule has 1 saturated carbocycles. The van der Waals surface area contributed by atoms with Gasteiger partial charge in [-0.05, 0) is 25.2 Å². The molecule has 1 saturated heterocycles. The van der Waals surface area contributed by atoms with Gasteiger partial charge in [0.05, 0.1) is 6.10 Å². The van der Waals surface area contributed by atoms with E-state index < -0.39 is 0 Å². The van der Waals surface area contributed by atoms with Gasteiger partial charge in [0.1, 0.15) is 6.29 Å². The molecule has 1 aliphatic carbocycles. The Morgan fingerprint density at radius 1 is 1.50 bits per heavy atom. The van der Waals surface area contributed by atoms with E-state index in [4.69, 9.17) is 4.74 Å². The van der Waals surface area contributed by atoms with Gasteiger partial charge in [-0.2, -0.15) is 0 Å². The van der Waals surface area contributed by atoms with Crippen LogP contribution in [0.3, 0.4) is 0 Å². The molecule has 0 aromatic carbocycles. The standard InChI is InChI=1S/C8H12O2/c9-5-6-4-7(6)8-2-1-3-10-8/h5-8H,1-4H2. The molecule has 0 radical (unpaired) electrons. The summed E-state index contributed by atoms with van der Waals surface area (Å²) in [4.78, 5) is 10.3. The first kappa shape index (κ1) is 6.35. The molecule has 2 nitrogen and oxygen atoms in total. The van der Waals surface area contributed by atoms with Gasteiger partial charge < -0.3 is 9.53 Å². The van der Waals surface area contributed by atoms with Crippen LogP contribution < -0.4 is 0 Å². The van der Waals surface area contributed by atoms with Crippen molar-refractivity contribution in [2.45, 2.75) is 25.4 Å². The van der Waals surface area contributed by atoms with E-state index >= 15 is 0 Å². The number of ether oxygens (including phenoxy) is 1. The van der Waals surface area contributed by atoms with Crippen LogP contribution in [0.1, 0.15) is 19.3 Å². The van der Waals surface area contributed by atoms with E-state index in [0.29, 0.717) is 17.9 Å². The van der Waals surface area contributed by atoms with Gasteiger partial charge in [0, 0.05) is 12.5 Å². The molecule has 3 atom stereocenters. The van der Waals surface area contributed by atoms with E-state index in [1.165, 1.54) is 12.8 Å². The quantitative estimate of drug-likeness (QED) is 0.535. The van der Waals surface area contributed by atoms with Crippen LogP contribution in [0.2, 0.25) is 0 Å². The minimum Gasteiger partial charge on any atom is -0.378 e. The maximum Gasteiger partial charge on any atom is 0.123 e. The molecule has 2 fully saturated rings. The van der Waals surface area contributed by atoms with Crippen molar-refractivity contribution in [3.63, 3.8) is 0 Å².